The van der Waals surface area contributed by atoms with E-state index in [1.165, 1.54) is 0 Å². The number of nitrogen functional groups attached to an aromatic ring is 1. The fraction of sp³-hybridized carbons (Fsp3) is 0.545. The molecule has 0 bridgehead atoms. The number of nitrogens with one attached hydrogen (secondary N) is 1. The predicted molar refractivity (Wildman–Crippen MR) is 60.7 cm³/mol. The van der Waals surface area contributed by atoms with Crippen molar-refractivity contribution in [3.05, 3.63) is 18.2 Å². The molecule has 0 amide bonds. The first-order valence-corrected chi connectivity index (χ1v) is 5.26. The van der Waals surface area contributed by atoms with Gasteiger partial charge in [0.1, 0.15) is 11.6 Å². The molecule has 15 heavy (non-hydrogen) atoms. The van der Waals surface area contributed by atoms with Crippen LogP contribution in [0.4, 0.5) is 11.6 Å². The van der Waals surface area contributed by atoms with E-state index in [0.29, 0.717) is 5.82 Å². The number of nitrogens with zero attached hydrogens (tertiary/aromatic N) is 1. The number of hydrogen-bond acceptors (Lipinski definition) is 4. The van der Waals surface area contributed by atoms with Crippen LogP contribution in [0.15, 0.2) is 18.2 Å². The van der Waals surface area contributed by atoms with Gasteiger partial charge in [0.15, 0.2) is 0 Å². The molecule has 0 radical (unpaired) electrons. The van der Waals surface area contributed by atoms with Crippen molar-refractivity contribution >= 4 is 11.6 Å². The Bertz CT molecular complexity index is 334. The third-order valence-corrected chi connectivity index (χ3v) is 2.80. The molecule has 2 rings (SSSR count). The van der Waals surface area contributed by atoms with Crippen LogP contribution >= 0.6 is 0 Å². The van der Waals surface area contributed by atoms with Gasteiger partial charge in [0.2, 0.25) is 0 Å². The highest BCUT2D eigenvalue weighted by Crippen LogP contribution is 2.24. The Balaban J connectivity index is 2.06. The molecule has 1 aliphatic rings. The van der Waals surface area contributed by atoms with Gasteiger partial charge in [-0.3, -0.25) is 0 Å². The summed E-state index contributed by atoms with van der Waals surface area (Å²) in [6.07, 6.45) is 2.01. The van der Waals surface area contributed by atoms with Crippen molar-refractivity contribution in [2.75, 3.05) is 24.3 Å². The largest absolute Gasteiger partial charge is 0.384 e. The van der Waals surface area contributed by atoms with Crippen LogP contribution in [0.3, 0.4) is 0 Å². The minimum atomic E-state index is 0.0824. The third-order valence-electron chi connectivity index (χ3n) is 2.80. The number of ether oxygens (including phenoxy) is 1. The van der Waals surface area contributed by atoms with Gasteiger partial charge in [0, 0.05) is 18.8 Å². The normalized spacial score (nSPS) is 19.8. The molecule has 0 unspecified atom stereocenters. The minimum absolute atomic E-state index is 0.0824. The molecule has 0 atom stereocenters. The molecule has 0 saturated carbocycles. The van der Waals surface area contributed by atoms with Gasteiger partial charge in [-0.05, 0) is 31.9 Å². The molecule has 82 valence electrons. The zero-order valence-corrected chi connectivity index (χ0v) is 8.99. The molecular formula is C11H17N3O. The van der Waals surface area contributed by atoms with Gasteiger partial charge in [-0.15, -0.1) is 0 Å². The average molecular weight is 207 g/mol. The molecule has 0 aromatic carbocycles. The molecule has 1 aromatic rings. The SMILES string of the molecule is CC1(Nc2cccc(N)n2)CCOCC1. The smallest absolute Gasteiger partial charge is 0.128 e. The van der Waals surface area contributed by atoms with Crippen LogP contribution in [0.1, 0.15) is 19.8 Å². The highest BCUT2D eigenvalue weighted by Gasteiger charge is 2.27. The van der Waals surface area contributed by atoms with Crippen molar-refractivity contribution in [3.63, 3.8) is 0 Å². The van der Waals surface area contributed by atoms with E-state index in [2.05, 4.69) is 17.2 Å². The summed E-state index contributed by atoms with van der Waals surface area (Å²) in [6, 6.07) is 5.64. The van der Waals surface area contributed by atoms with Crippen molar-refractivity contribution < 1.29 is 4.74 Å². The zero-order valence-electron chi connectivity index (χ0n) is 8.99. The van der Waals surface area contributed by atoms with E-state index in [9.17, 15) is 0 Å². The zero-order chi connectivity index (χ0) is 10.7. The lowest BCUT2D eigenvalue weighted by Gasteiger charge is -2.34. The number of nitrogens with two attached hydrogens (primary N) is 1. The van der Waals surface area contributed by atoms with Crippen LogP contribution in [0.2, 0.25) is 0 Å². The number of anilines is 2. The monoisotopic (exact) mass is 207 g/mol. The van der Waals surface area contributed by atoms with Gasteiger partial charge in [-0.1, -0.05) is 6.07 Å². The topological polar surface area (TPSA) is 60.2 Å². The lowest BCUT2D eigenvalue weighted by atomic mass is 9.92. The molecule has 3 N–H and O–H groups in total. The Kier molecular flexibility index (Phi) is 2.77. The standard InChI is InChI=1S/C11H17N3O/c1-11(5-7-15-8-6-11)14-10-4-2-3-9(12)13-10/h2-4H,5-8H2,1H3,(H3,12,13,14). The van der Waals surface area contributed by atoms with E-state index in [4.69, 9.17) is 10.5 Å². The summed E-state index contributed by atoms with van der Waals surface area (Å²) in [7, 11) is 0. The molecule has 0 spiro atoms. The molecule has 1 saturated heterocycles. The summed E-state index contributed by atoms with van der Waals surface area (Å²) in [4.78, 5) is 4.24. The van der Waals surface area contributed by atoms with Crippen LogP contribution in [-0.2, 0) is 4.74 Å². The fourth-order valence-corrected chi connectivity index (χ4v) is 1.78. The molecule has 4 heteroatoms. The molecule has 0 aliphatic carbocycles. The van der Waals surface area contributed by atoms with E-state index in [-0.39, 0.29) is 5.54 Å². The van der Waals surface area contributed by atoms with Crippen LogP contribution in [0, 0.1) is 0 Å². The Labute approximate surface area is 89.8 Å². The summed E-state index contributed by atoms with van der Waals surface area (Å²) in [5, 5.41) is 3.43. The van der Waals surface area contributed by atoms with Crippen LogP contribution in [0.25, 0.3) is 0 Å². The Morgan fingerprint density at radius 3 is 2.80 bits per heavy atom. The van der Waals surface area contributed by atoms with E-state index in [1.54, 1.807) is 6.07 Å². The first-order chi connectivity index (χ1) is 7.18. The van der Waals surface area contributed by atoms with Gasteiger partial charge >= 0.3 is 0 Å². The average Bonchev–Trinajstić information content (AvgIpc) is 2.18. The summed E-state index contributed by atoms with van der Waals surface area (Å²) in [5.41, 5.74) is 5.71. The number of hydrogen-bond donors (Lipinski definition) is 2. The highest BCUT2D eigenvalue weighted by atomic mass is 16.5. The third kappa shape index (κ3) is 2.59. The maximum Gasteiger partial charge on any atom is 0.128 e. The molecule has 4 nitrogen and oxygen atoms in total. The second-order valence-corrected chi connectivity index (χ2v) is 4.25. The second kappa shape index (κ2) is 4.06. The number of aromatic nitrogens is 1. The summed E-state index contributed by atoms with van der Waals surface area (Å²) in [6.45, 7) is 3.82. The van der Waals surface area contributed by atoms with E-state index >= 15 is 0 Å². The predicted octanol–water partition coefficient (Wildman–Crippen LogP) is 1.64. The van der Waals surface area contributed by atoms with Gasteiger partial charge in [-0.25, -0.2) is 4.98 Å². The van der Waals surface area contributed by atoms with Crippen molar-refractivity contribution in [1.82, 2.24) is 4.98 Å². The summed E-state index contributed by atoms with van der Waals surface area (Å²) in [5.74, 6) is 1.40. The Morgan fingerprint density at radius 1 is 1.40 bits per heavy atom. The Morgan fingerprint density at radius 2 is 2.13 bits per heavy atom. The first-order valence-electron chi connectivity index (χ1n) is 5.26. The maximum atomic E-state index is 5.63. The van der Waals surface area contributed by atoms with Gasteiger partial charge in [0.25, 0.3) is 0 Å². The molecule has 1 fully saturated rings. The van der Waals surface area contributed by atoms with E-state index in [1.807, 2.05) is 12.1 Å². The van der Waals surface area contributed by atoms with Crippen LogP contribution in [0.5, 0.6) is 0 Å². The van der Waals surface area contributed by atoms with Gasteiger partial charge in [0.05, 0.1) is 0 Å². The summed E-state index contributed by atoms with van der Waals surface area (Å²) >= 11 is 0. The van der Waals surface area contributed by atoms with E-state index < -0.39 is 0 Å². The van der Waals surface area contributed by atoms with Crippen molar-refractivity contribution in [2.24, 2.45) is 0 Å². The molecule has 2 heterocycles. The lowest BCUT2D eigenvalue weighted by molar-refractivity contribution is 0.0657. The quantitative estimate of drug-likeness (QED) is 0.774. The number of rotatable bonds is 2. The maximum absolute atomic E-state index is 5.63. The number of pyridine rings is 1. The molecule has 1 aliphatic heterocycles. The minimum Gasteiger partial charge on any atom is -0.384 e. The van der Waals surface area contributed by atoms with Crippen molar-refractivity contribution in [3.8, 4) is 0 Å². The Hall–Kier alpha value is -1.29. The van der Waals surface area contributed by atoms with Gasteiger partial charge < -0.3 is 15.8 Å². The second-order valence-electron chi connectivity index (χ2n) is 4.25. The highest BCUT2D eigenvalue weighted by molar-refractivity contribution is 5.44. The van der Waals surface area contributed by atoms with E-state index in [0.717, 1.165) is 31.9 Å². The summed E-state index contributed by atoms with van der Waals surface area (Å²) < 4.78 is 5.34. The lowest BCUT2D eigenvalue weighted by Crippen LogP contribution is -2.40. The fourth-order valence-electron chi connectivity index (χ4n) is 1.78. The van der Waals surface area contributed by atoms with Gasteiger partial charge in [-0.2, -0.15) is 0 Å². The van der Waals surface area contributed by atoms with Crippen molar-refractivity contribution in [2.45, 2.75) is 25.3 Å². The van der Waals surface area contributed by atoms with Crippen LogP contribution in [-0.4, -0.2) is 23.7 Å². The van der Waals surface area contributed by atoms with Crippen molar-refractivity contribution in [1.29, 1.82) is 0 Å². The van der Waals surface area contributed by atoms with Crippen LogP contribution < -0.4 is 11.1 Å². The molecule has 1 aromatic heterocycles. The molecular weight excluding hydrogens is 190 g/mol. The first kappa shape index (κ1) is 10.2.